The Morgan fingerprint density at radius 2 is 2.00 bits per heavy atom. The molecule has 4 nitrogen and oxygen atoms in total. The van der Waals surface area contributed by atoms with Crippen molar-refractivity contribution < 1.29 is 14.6 Å². The van der Waals surface area contributed by atoms with E-state index in [1.165, 1.54) is 0 Å². The van der Waals surface area contributed by atoms with Crippen molar-refractivity contribution in [2.75, 3.05) is 13.7 Å². The van der Waals surface area contributed by atoms with Crippen molar-refractivity contribution in [3.63, 3.8) is 0 Å². The molecule has 4 heteroatoms. The lowest BCUT2D eigenvalue weighted by Gasteiger charge is -2.16. The Labute approximate surface area is 101 Å². The lowest BCUT2D eigenvalue weighted by atomic mass is 9.94. The molecule has 3 N–H and O–H groups in total. The van der Waals surface area contributed by atoms with Crippen LogP contribution in [-0.2, 0) is 0 Å². The van der Waals surface area contributed by atoms with Crippen LogP contribution in [0.2, 0.25) is 0 Å². The van der Waals surface area contributed by atoms with Crippen molar-refractivity contribution in [1.29, 1.82) is 0 Å². The summed E-state index contributed by atoms with van der Waals surface area (Å²) in [6, 6.07) is 1.74. The van der Waals surface area contributed by atoms with Crippen LogP contribution in [0.15, 0.2) is 6.07 Å². The summed E-state index contributed by atoms with van der Waals surface area (Å²) < 4.78 is 5.28. The van der Waals surface area contributed by atoms with Gasteiger partial charge in [0, 0.05) is 12.1 Å². The largest absolute Gasteiger partial charge is 0.496 e. The van der Waals surface area contributed by atoms with Crippen LogP contribution in [0, 0.1) is 20.8 Å². The number of ketones is 1. The van der Waals surface area contributed by atoms with Crippen molar-refractivity contribution in [1.82, 2.24) is 0 Å². The fraction of sp³-hybridized carbons (Fsp3) is 0.462. The number of nitrogens with two attached hydrogens (primary N) is 1. The van der Waals surface area contributed by atoms with E-state index in [9.17, 15) is 9.90 Å². The third-order valence-corrected chi connectivity index (χ3v) is 3.02. The molecular weight excluding hydrogens is 218 g/mol. The van der Waals surface area contributed by atoms with Gasteiger partial charge in [0.25, 0.3) is 0 Å². The van der Waals surface area contributed by atoms with Crippen LogP contribution >= 0.6 is 0 Å². The topological polar surface area (TPSA) is 72.5 Å². The quantitative estimate of drug-likeness (QED) is 0.770. The highest BCUT2D eigenvalue weighted by atomic mass is 16.5. The minimum absolute atomic E-state index is 0.0671. The number of aryl methyl sites for hydroxylation is 1. The lowest BCUT2D eigenvalue weighted by molar-refractivity contribution is 0.0762. The van der Waals surface area contributed by atoms with E-state index in [0.717, 1.165) is 22.4 Å². The normalized spacial score (nSPS) is 12.4. The standard InChI is InChI=1S/C13H19NO3/c1-7-5-10(12(16)11(15)6-14)8(2)9(3)13(7)17-4/h5,11,15H,6,14H2,1-4H3. The molecule has 1 aromatic rings. The molecule has 0 saturated carbocycles. The van der Waals surface area contributed by atoms with E-state index in [-0.39, 0.29) is 12.3 Å². The first-order valence-corrected chi connectivity index (χ1v) is 5.51. The van der Waals surface area contributed by atoms with Crippen molar-refractivity contribution in [3.05, 3.63) is 28.3 Å². The average molecular weight is 237 g/mol. The Kier molecular flexibility index (Phi) is 4.26. The van der Waals surface area contributed by atoms with E-state index in [2.05, 4.69) is 0 Å². The van der Waals surface area contributed by atoms with Crippen LogP contribution in [0.5, 0.6) is 5.75 Å². The summed E-state index contributed by atoms with van der Waals surface area (Å²) in [6.07, 6.45) is -1.14. The number of aliphatic hydroxyl groups is 1. The Balaban J connectivity index is 3.33. The number of carbonyl (C=O) groups is 1. The second-order valence-corrected chi connectivity index (χ2v) is 4.14. The number of hydrogen-bond donors (Lipinski definition) is 2. The molecule has 0 spiro atoms. The van der Waals surface area contributed by atoms with Crippen LogP contribution in [0.4, 0.5) is 0 Å². The molecule has 0 radical (unpaired) electrons. The maximum atomic E-state index is 11.9. The van der Waals surface area contributed by atoms with Gasteiger partial charge in [0.2, 0.25) is 0 Å². The molecule has 0 aliphatic carbocycles. The number of aliphatic hydroxyl groups excluding tert-OH is 1. The number of ether oxygens (including phenoxy) is 1. The molecule has 94 valence electrons. The highest BCUT2D eigenvalue weighted by Gasteiger charge is 2.20. The van der Waals surface area contributed by atoms with Crippen LogP contribution in [0.25, 0.3) is 0 Å². The van der Waals surface area contributed by atoms with E-state index in [4.69, 9.17) is 10.5 Å². The Morgan fingerprint density at radius 1 is 1.41 bits per heavy atom. The highest BCUT2D eigenvalue weighted by molar-refractivity contribution is 6.01. The van der Waals surface area contributed by atoms with Crippen molar-refractivity contribution in [2.45, 2.75) is 26.9 Å². The summed E-state index contributed by atoms with van der Waals surface area (Å²) in [5, 5.41) is 9.51. The van der Waals surface area contributed by atoms with Gasteiger partial charge in [0.1, 0.15) is 11.9 Å². The zero-order valence-corrected chi connectivity index (χ0v) is 10.7. The minimum Gasteiger partial charge on any atom is -0.496 e. The van der Waals surface area contributed by atoms with Gasteiger partial charge in [0.15, 0.2) is 5.78 Å². The molecule has 0 fully saturated rings. The van der Waals surface area contributed by atoms with E-state index in [1.54, 1.807) is 13.2 Å². The molecule has 0 bridgehead atoms. The van der Waals surface area contributed by atoms with Gasteiger partial charge in [-0.25, -0.2) is 0 Å². The van der Waals surface area contributed by atoms with Gasteiger partial charge in [-0.15, -0.1) is 0 Å². The predicted molar refractivity (Wildman–Crippen MR) is 66.6 cm³/mol. The molecule has 1 aromatic carbocycles. The monoisotopic (exact) mass is 237 g/mol. The average Bonchev–Trinajstić information content (AvgIpc) is 2.32. The smallest absolute Gasteiger partial charge is 0.192 e. The van der Waals surface area contributed by atoms with Gasteiger partial charge < -0.3 is 15.6 Å². The maximum absolute atomic E-state index is 11.9. The van der Waals surface area contributed by atoms with E-state index in [0.29, 0.717) is 5.56 Å². The molecule has 17 heavy (non-hydrogen) atoms. The highest BCUT2D eigenvalue weighted by Crippen LogP contribution is 2.29. The zero-order valence-electron chi connectivity index (χ0n) is 10.7. The molecule has 1 atom stereocenters. The van der Waals surface area contributed by atoms with E-state index >= 15 is 0 Å². The third kappa shape index (κ3) is 2.48. The summed E-state index contributed by atoms with van der Waals surface area (Å²) in [6.45, 7) is 5.54. The lowest BCUT2D eigenvalue weighted by Crippen LogP contribution is -2.29. The maximum Gasteiger partial charge on any atom is 0.192 e. The second kappa shape index (κ2) is 5.29. The van der Waals surface area contributed by atoms with Gasteiger partial charge in [-0.05, 0) is 43.5 Å². The molecular formula is C13H19NO3. The molecule has 0 aliphatic rings. The van der Waals surface area contributed by atoms with Crippen molar-refractivity contribution >= 4 is 5.78 Å². The fourth-order valence-electron chi connectivity index (χ4n) is 1.91. The number of benzene rings is 1. The number of methoxy groups -OCH3 is 1. The van der Waals surface area contributed by atoms with Crippen molar-refractivity contribution in [3.8, 4) is 5.75 Å². The van der Waals surface area contributed by atoms with E-state index in [1.807, 2.05) is 20.8 Å². The Morgan fingerprint density at radius 3 is 2.47 bits per heavy atom. The zero-order chi connectivity index (χ0) is 13.2. The SMILES string of the molecule is COc1c(C)cc(C(=O)C(O)CN)c(C)c1C. The van der Waals surface area contributed by atoms with Crippen LogP contribution in [-0.4, -0.2) is 30.6 Å². The molecule has 0 aliphatic heterocycles. The first kappa shape index (κ1) is 13.7. The van der Waals surface area contributed by atoms with E-state index < -0.39 is 6.10 Å². The Bertz CT molecular complexity index is 441. The second-order valence-electron chi connectivity index (χ2n) is 4.14. The number of hydrogen-bond acceptors (Lipinski definition) is 4. The summed E-state index contributed by atoms with van der Waals surface area (Å²) in [5.74, 6) is 0.445. The van der Waals surface area contributed by atoms with Gasteiger partial charge in [-0.2, -0.15) is 0 Å². The molecule has 0 amide bonds. The van der Waals surface area contributed by atoms with Crippen LogP contribution in [0.1, 0.15) is 27.0 Å². The fourth-order valence-corrected chi connectivity index (χ4v) is 1.91. The molecule has 0 saturated heterocycles. The van der Waals surface area contributed by atoms with Crippen LogP contribution in [0.3, 0.4) is 0 Å². The van der Waals surface area contributed by atoms with Crippen molar-refractivity contribution in [2.24, 2.45) is 5.73 Å². The molecule has 1 rings (SSSR count). The first-order chi connectivity index (χ1) is 7.93. The summed E-state index contributed by atoms with van der Waals surface area (Å²) in [7, 11) is 1.60. The third-order valence-electron chi connectivity index (χ3n) is 3.02. The van der Waals surface area contributed by atoms with Crippen LogP contribution < -0.4 is 10.5 Å². The first-order valence-electron chi connectivity index (χ1n) is 5.51. The molecule has 0 aromatic heterocycles. The van der Waals surface area contributed by atoms with Gasteiger partial charge in [-0.1, -0.05) is 0 Å². The molecule has 0 heterocycles. The summed E-state index contributed by atoms with van der Waals surface area (Å²) in [5.41, 5.74) is 8.43. The summed E-state index contributed by atoms with van der Waals surface area (Å²) >= 11 is 0. The van der Waals surface area contributed by atoms with Gasteiger partial charge >= 0.3 is 0 Å². The Hall–Kier alpha value is -1.39. The minimum atomic E-state index is -1.14. The van der Waals surface area contributed by atoms with Gasteiger partial charge in [-0.3, -0.25) is 4.79 Å². The molecule has 1 unspecified atom stereocenters. The summed E-state index contributed by atoms with van der Waals surface area (Å²) in [4.78, 5) is 11.9. The number of rotatable bonds is 4. The number of Topliss-reactive ketones (excluding diaryl/α,β-unsaturated/α-hetero) is 1. The number of carbonyl (C=O) groups excluding carboxylic acids is 1. The predicted octanol–water partition coefficient (Wildman–Crippen LogP) is 1.12. The van der Waals surface area contributed by atoms with Gasteiger partial charge in [0.05, 0.1) is 7.11 Å².